The number of hydrogen-bond donors (Lipinski definition) is 1. The van der Waals surface area contributed by atoms with Gasteiger partial charge in [0.25, 0.3) is 0 Å². The molecule has 0 aromatic heterocycles. The lowest BCUT2D eigenvalue weighted by Gasteiger charge is -2.14. The summed E-state index contributed by atoms with van der Waals surface area (Å²) < 4.78 is 35.7. The zero-order valence-corrected chi connectivity index (χ0v) is 10.6. The Morgan fingerprint density at radius 3 is 2.39 bits per heavy atom. The van der Waals surface area contributed by atoms with Gasteiger partial charge in [0.05, 0.1) is 0 Å². The molecule has 0 aliphatic heterocycles. The normalized spacial score (nSPS) is 13.6. The van der Waals surface area contributed by atoms with Crippen molar-refractivity contribution < 1.29 is 13.2 Å². The molecule has 1 atom stereocenters. The highest BCUT2D eigenvalue weighted by atomic mass is 19.4. The molecule has 0 aliphatic carbocycles. The molecule has 0 heterocycles. The Bertz CT molecular complexity index is 322. The van der Waals surface area contributed by atoms with Crippen LogP contribution in [0.15, 0.2) is 30.3 Å². The number of rotatable bonds is 7. The summed E-state index contributed by atoms with van der Waals surface area (Å²) in [6.45, 7) is 2.70. The van der Waals surface area contributed by atoms with E-state index >= 15 is 0 Å². The van der Waals surface area contributed by atoms with Crippen LogP contribution >= 0.6 is 0 Å². The second-order valence-electron chi connectivity index (χ2n) is 4.62. The van der Waals surface area contributed by atoms with E-state index in [1.807, 2.05) is 18.2 Å². The van der Waals surface area contributed by atoms with Crippen LogP contribution in [0, 0.1) is 0 Å². The molecule has 0 amide bonds. The zero-order chi connectivity index (χ0) is 13.4. The van der Waals surface area contributed by atoms with Crippen molar-refractivity contribution in [3.05, 3.63) is 35.9 Å². The molecule has 0 saturated carbocycles. The molecule has 0 saturated heterocycles. The Hall–Kier alpha value is -1.03. The molecule has 1 rings (SSSR count). The number of halogens is 3. The Morgan fingerprint density at radius 1 is 1.11 bits per heavy atom. The van der Waals surface area contributed by atoms with E-state index in [4.69, 9.17) is 0 Å². The van der Waals surface area contributed by atoms with Crippen molar-refractivity contribution >= 4 is 0 Å². The van der Waals surface area contributed by atoms with E-state index in [0.717, 1.165) is 6.42 Å². The molecule has 1 N–H and O–H groups in total. The predicted octanol–water partition coefficient (Wildman–Crippen LogP) is 3.94. The third-order valence-corrected chi connectivity index (χ3v) is 2.76. The Kier molecular flexibility index (Phi) is 6.19. The highest BCUT2D eigenvalue weighted by Gasteiger charge is 2.25. The molecule has 4 heteroatoms. The average Bonchev–Trinajstić information content (AvgIpc) is 2.28. The van der Waals surface area contributed by atoms with Crippen molar-refractivity contribution in [3.8, 4) is 0 Å². The molecule has 0 fully saturated rings. The van der Waals surface area contributed by atoms with E-state index in [0.29, 0.717) is 19.0 Å². The lowest BCUT2D eigenvalue weighted by Crippen LogP contribution is -2.29. The summed E-state index contributed by atoms with van der Waals surface area (Å²) in [6, 6.07) is 10.4. The Labute approximate surface area is 106 Å². The van der Waals surface area contributed by atoms with Gasteiger partial charge >= 0.3 is 6.18 Å². The van der Waals surface area contributed by atoms with Gasteiger partial charge in [-0.25, -0.2) is 0 Å². The number of hydrogen-bond acceptors (Lipinski definition) is 1. The lowest BCUT2D eigenvalue weighted by molar-refractivity contribution is -0.135. The van der Waals surface area contributed by atoms with E-state index < -0.39 is 12.6 Å². The summed E-state index contributed by atoms with van der Waals surface area (Å²) in [4.78, 5) is 0. The molecule has 102 valence electrons. The van der Waals surface area contributed by atoms with Crippen LogP contribution in [0.2, 0.25) is 0 Å². The topological polar surface area (TPSA) is 12.0 Å². The van der Waals surface area contributed by atoms with Crippen LogP contribution < -0.4 is 5.32 Å². The molecule has 0 spiro atoms. The van der Waals surface area contributed by atoms with Crippen molar-refractivity contribution in [2.24, 2.45) is 0 Å². The van der Waals surface area contributed by atoms with Crippen LogP contribution in [0.25, 0.3) is 0 Å². The van der Waals surface area contributed by atoms with E-state index in [2.05, 4.69) is 24.4 Å². The quantitative estimate of drug-likeness (QED) is 0.731. The third kappa shape index (κ3) is 7.33. The first kappa shape index (κ1) is 15.0. The molecular weight excluding hydrogens is 239 g/mol. The molecule has 1 aromatic carbocycles. The minimum Gasteiger partial charge on any atom is -0.314 e. The van der Waals surface area contributed by atoms with Gasteiger partial charge in [-0.1, -0.05) is 30.3 Å². The minimum atomic E-state index is -4.02. The van der Waals surface area contributed by atoms with Gasteiger partial charge in [-0.3, -0.25) is 0 Å². The van der Waals surface area contributed by atoms with E-state index in [1.165, 1.54) is 5.56 Å². The van der Waals surface area contributed by atoms with Crippen molar-refractivity contribution in [2.45, 2.75) is 44.8 Å². The number of benzene rings is 1. The Morgan fingerprint density at radius 2 is 1.78 bits per heavy atom. The number of nitrogens with one attached hydrogen (secondary N) is 1. The van der Waals surface area contributed by atoms with Gasteiger partial charge in [0.15, 0.2) is 0 Å². The van der Waals surface area contributed by atoms with Crippen LogP contribution in [0.5, 0.6) is 0 Å². The fourth-order valence-electron chi connectivity index (χ4n) is 1.84. The lowest BCUT2D eigenvalue weighted by atomic mass is 10.1. The van der Waals surface area contributed by atoms with E-state index in [1.54, 1.807) is 0 Å². The number of unbranched alkanes of at least 4 members (excludes halogenated alkanes) is 1. The number of alkyl halides is 3. The van der Waals surface area contributed by atoms with E-state index in [-0.39, 0.29) is 6.42 Å². The fraction of sp³-hybridized carbons (Fsp3) is 0.571. The summed E-state index contributed by atoms with van der Waals surface area (Å²) in [5.74, 6) is 0. The molecule has 0 radical (unpaired) electrons. The standard InChI is InChI=1S/C14H20F3N/c1-12(11-13-7-3-2-4-8-13)18-10-6-5-9-14(15,16)17/h2-4,7-8,12,18H,5-6,9-11H2,1H3. The first-order valence-electron chi connectivity index (χ1n) is 6.31. The minimum absolute atomic E-state index is 0.203. The Balaban J connectivity index is 2.09. The molecule has 1 unspecified atom stereocenters. The maximum atomic E-state index is 11.9. The largest absolute Gasteiger partial charge is 0.389 e. The summed E-state index contributed by atoms with van der Waals surface area (Å²) >= 11 is 0. The van der Waals surface area contributed by atoms with E-state index in [9.17, 15) is 13.2 Å². The molecule has 18 heavy (non-hydrogen) atoms. The van der Waals surface area contributed by atoms with Crippen LogP contribution in [-0.2, 0) is 6.42 Å². The van der Waals surface area contributed by atoms with Crippen LogP contribution in [0.4, 0.5) is 13.2 Å². The average molecular weight is 259 g/mol. The van der Waals surface area contributed by atoms with Crippen molar-refractivity contribution in [2.75, 3.05) is 6.54 Å². The predicted molar refractivity (Wildman–Crippen MR) is 67.5 cm³/mol. The van der Waals surface area contributed by atoms with Crippen LogP contribution in [0.1, 0.15) is 31.7 Å². The van der Waals surface area contributed by atoms with Crippen molar-refractivity contribution in [1.82, 2.24) is 5.32 Å². The summed E-state index contributed by atoms with van der Waals surface area (Å²) in [7, 11) is 0. The van der Waals surface area contributed by atoms with Crippen molar-refractivity contribution in [1.29, 1.82) is 0 Å². The molecule has 1 aromatic rings. The van der Waals surface area contributed by atoms with Gasteiger partial charge in [-0.05, 0) is 38.3 Å². The molecule has 0 aliphatic rings. The monoisotopic (exact) mass is 259 g/mol. The third-order valence-electron chi connectivity index (χ3n) is 2.76. The summed E-state index contributed by atoms with van der Waals surface area (Å²) in [5, 5.41) is 3.25. The van der Waals surface area contributed by atoms with Crippen molar-refractivity contribution in [3.63, 3.8) is 0 Å². The highest BCUT2D eigenvalue weighted by molar-refractivity contribution is 5.15. The van der Waals surface area contributed by atoms with Gasteiger partial charge in [-0.15, -0.1) is 0 Å². The smallest absolute Gasteiger partial charge is 0.314 e. The second-order valence-corrected chi connectivity index (χ2v) is 4.62. The maximum Gasteiger partial charge on any atom is 0.389 e. The van der Waals surface area contributed by atoms with Gasteiger partial charge < -0.3 is 5.32 Å². The van der Waals surface area contributed by atoms with Gasteiger partial charge in [0.2, 0.25) is 0 Å². The van der Waals surface area contributed by atoms with Gasteiger partial charge in [0, 0.05) is 12.5 Å². The highest BCUT2D eigenvalue weighted by Crippen LogP contribution is 2.21. The summed E-state index contributed by atoms with van der Waals surface area (Å²) in [6.07, 6.45) is -3.02. The molecule has 0 bridgehead atoms. The second kappa shape index (κ2) is 7.41. The van der Waals surface area contributed by atoms with Gasteiger partial charge in [0.1, 0.15) is 0 Å². The van der Waals surface area contributed by atoms with Gasteiger partial charge in [-0.2, -0.15) is 13.2 Å². The first-order valence-corrected chi connectivity index (χ1v) is 6.31. The summed E-state index contributed by atoms with van der Waals surface area (Å²) in [5.41, 5.74) is 1.24. The van der Waals surface area contributed by atoms with Crippen LogP contribution in [0.3, 0.4) is 0 Å². The fourth-order valence-corrected chi connectivity index (χ4v) is 1.84. The first-order chi connectivity index (χ1) is 8.47. The zero-order valence-electron chi connectivity index (χ0n) is 10.6. The van der Waals surface area contributed by atoms with Crippen LogP contribution in [-0.4, -0.2) is 18.8 Å². The molecule has 1 nitrogen and oxygen atoms in total. The maximum absolute atomic E-state index is 11.9. The SMILES string of the molecule is CC(Cc1ccccc1)NCCCCC(F)(F)F. The molecular formula is C14H20F3N.